The van der Waals surface area contributed by atoms with Crippen molar-refractivity contribution in [2.75, 3.05) is 18.0 Å². The van der Waals surface area contributed by atoms with Gasteiger partial charge in [0.05, 0.1) is 12.1 Å². The van der Waals surface area contributed by atoms with Gasteiger partial charge in [0, 0.05) is 24.0 Å². The van der Waals surface area contributed by atoms with Crippen molar-refractivity contribution in [1.29, 1.82) is 0 Å². The summed E-state index contributed by atoms with van der Waals surface area (Å²) in [7, 11) is 0. The highest BCUT2D eigenvalue weighted by atomic mass is 32.1. The van der Waals surface area contributed by atoms with Crippen LogP contribution in [0.5, 0.6) is 0 Å². The molecule has 0 spiro atoms. The van der Waals surface area contributed by atoms with Crippen LogP contribution < -0.4 is 4.90 Å². The molecule has 0 radical (unpaired) electrons. The smallest absolute Gasteiger partial charge is 0.305 e. The molecule has 4 nitrogen and oxygen atoms in total. The molecule has 0 fully saturated rings. The maximum atomic E-state index is 10.7. The van der Waals surface area contributed by atoms with Crippen molar-refractivity contribution < 1.29 is 9.90 Å². The largest absolute Gasteiger partial charge is 0.481 e. The van der Waals surface area contributed by atoms with E-state index in [0.29, 0.717) is 6.54 Å². The molecular weight excluding hydrogens is 272 g/mol. The lowest BCUT2D eigenvalue weighted by molar-refractivity contribution is -0.136. The molecule has 1 heterocycles. The number of nitrogens with zero attached hydrogens (tertiary/aromatic N) is 2. The molecule has 0 amide bonds. The molecule has 20 heavy (non-hydrogen) atoms. The van der Waals surface area contributed by atoms with Crippen molar-refractivity contribution in [3.05, 3.63) is 35.7 Å². The van der Waals surface area contributed by atoms with E-state index in [1.807, 2.05) is 40.6 Å². The van der Waals surface area contributed by atoms with E-state index in [4.69, 9.17) is 5.11 Å². The van der Waals surface area contributed by atoms with Crippen molar-refractivity contribution >= 4 is 22.4 Å². The Morgan fingerprint density at radius 3 is 2.70 bits per heavy atom. The number of carbonyl (C=O) groups is 1. The summed E-state index contributed by atoms with van der Waals surface area (Å²) in [6, 6.07) is 10.0. The predicted molar refractivity (Wildman–Crippen MR) is 82.3 cm³/mol. The summed E-state index contributed by atoms with van der Waals surface area (Å²) in [4.78, 5) is 17.4. The van der Waals surface area contributed by atoms with Gasteiger partial charge in [0.25, 0.3) is 0 Å². The molecule has 0 saturated heterocycles. The van der Waals surface area contributed by atoms with Gasteiger partial charge in [-0.25, -0.2) is 4.98 Å². The number of aliphatic carboxylic acids is 1. The van der Waals surface area contributed by atoms with Gasteiger partial charge in [0.15, 0.2) is 5.13 Å². The fraction of sp³-hybridized carbons (Fsp3) is 0.333. The van der Waals surface area contributed by atoms with Crippen LogP contribution in [0.4, 0.5) is 5.13 Å². The zero-order valence-electron chi connectivity index (χ0n) is 11.5. The second-order valence-electron chi connectivity index (χ2n) is 4.51. The fourth-order valence-electron chi connectivity index (χ4n) is 1.95. The number of carboxylic acid groups (broad SMARTS) is 1. The second-order valence-corrected chi connectivity index (χ2v) is 5.35. The molecule has 2 rings (SSSR count). The number of hydrogen-bond acceptors (Lipinski definition) is 4. The highest BCUT2D eigenvalue weighted by molar-refractivity contribution is 7.14. The lowest BCUT2D eigenvalue weighted by Gasteiger charge is -2.19. The first-order valence-electron chi connectivity index (χ1n) is 6.68. The number of carboxylic acids is 1. The average Bonchev–Trinajstić information content (AvgIpc) is 2.94. The molecule has 0 aliphatic rings. The van der Waals surface area contributed by atoms with Gasteiger partial charge in [-0.2, -0.15) is 0 Å². The Morgan fingerprint density at radius 2 is 2.05 bits per heavy atom. The van der Waals surface area contributed by atoms with Gasteiger partial charge in [-0.05, 0) is 6.42 Å². The van der Waals surface area contributed by atoms with E-state index >= 15 is 0 Å². The van der Waals surface area contributed by atoms with E-state index in [9.17, 15) is 4.79 Å². The van der Waals surface area contributed by atoms with Gasteiger partial charge in [0.1, 0.15) is 0 Å². The van der Waals surface area contributed by atoms with Crippen LogP contribution in [0.1, 0.15) is 19.8 Å². The summed E-state index contributed by atoms with van der Waals surface area (Å²) in [5.41, 5.74) is 2.03. The highest BCUT2D eigenvalue weighted by Crippen LogP contribution is 2.27. The number of aromatic nitrogens is 1. The van der Waals surface area contributed by atoms with E-state index < -0.39 is 5.97 Å². The first-order chi connectivity index (χ1) is 9.70. The van der Waals surface area contributed by atoms with Crippen LogP contribution in [0.25, 0.3) is 11.3 Å². The quantitative estimate of drug-likeness (QED) is 0.848. The number of benzene rings is 1. The Kier molecular flexibility index (Phi) is 5.12. The third-order valence-electron chi connectivity index (χ3n) is 2.92. The third kappa shape index (κ3) is 3.81. The van der Waals surface area contributed by atoms with Crippen LogP contribution in [0.3, 0.4) is 0 Å². The molecule has 0 saturated carbocycles. The Hall–Kier alpha value is -1.88. The van der Waals surface area contributed by atoms with E-state index in [-0.39, 0.29) is 6.42 Å². The molecule has 0 atom stereocenters. The van der Waals surface area contributed by atoms with Gasteiger partial charge < -0.3 is 10.0 Å². The topological polar surface area (TPSA) is 53.4 Å². The highest BCUT2D eigenvalue weighted by Gasteiger charge is 2.12. The minimum absolute atomic E-state index is 0.139. The van der Waals surface area contributed by atoms with Crippen molar-refractivity contribution in [3.8, 4) is 11.3 Å². The zero-order chi connectivity index (χ0) is 14.4. The van der Waals surface area contributed by atoms with E-state index in [1.165, 1.54) is 0 Å². The summed E-state index contributed by atoms with van der Waals surface area (Å²) in [6.45, 7) is 3.42. The van der Waals surface area contributed by atoms with Crippen LogP contribution in [0.15, 0.2) is 35.7 Å². The predicted octanol–water partition coefficient (Wildman–Crippen LogP) is 3.50. The van der Waals surface area contributed by atoms with Crippen LogP contribution in [-0.4, -0.2) is 29.1 Å². The Balaban J connectivity index is 2.14. The van der Waals surface area contributed by atoms with E-state index in [0.717, 1.165) is 29.4 Å². The number of hydrogen-bond donors (Lipinski definition) is 1. The molecular formula is C15H18N2O2S. The molecule has 106 valence electrons. The minimum atomic E-state index is -0.772. The van der Waals surface area contributed by atoms with E-state index in [1.54, 1.807) is 11.3 Å². The van der Waals surface area contributed by atoms with Crippen LogP contribution >= 0.6 is 11.3 Å². The maximum absolute atomic E-state index is 10.7. The molecule has 0 unspecified atom stereocenters. The number of anilines is 1. The lowest BCUT2D eigenvalue weighted by atomic mass is 10.2. The SMILES string of the molecule is CCCN(CCC(=O)O)c1nc(-c2ccccc2)cs1. The van der Waals surface area contributed by atoms with Gasteiger partial charge in [-0.3, -0.25) is 4.79 Å². The molecule has 2 aromatic rings. The molecule has 0 aliphatic heterocycles. The maximum Gasteiger partial charge on any atom is 0.305 e. The van der Waals surface area contributed by atoms with Gasteiger partial charge in [0.2, 0.25) is 0 Å². The molecule has 5 heteroatoms. The van der Waals surface area contributed by atoms with Crippen LogP contribution in [0, 0.1) is 0 Å². The summed E-state index contributed by atoms with van der Waals surface area (Å²) in [6.07, 6.45) is 1.11. The standard InChI is InChI=1S/C15H18N2O2S/c1-2-9-17(10-8-14(18)19)15-16-13(11-20-15)12-6-4-3-5-7-12/h3-7,11H,2,8-10H2,1H3,(H,18,19). The third-order valence-corrected chi connectivity index (χ3v) is 3.82. The normalized spacial score (nSPS) is 10.4. The molecule has 0 bridgehead atoms. The van der Waals surface area contributed by atoms with Crippen molar-refractivity contribution in [2.24, 2.45) is 0 Å². The van der Waals surface area contributed by atoms with Gasteiger partial charge in [-0.15, -0.1) is 11.3 Å². The Morgan fingerprint density at radius 1 is 1.30 bits per heavy atom. The monoisotopic (exact) mass is 290 g/mol. The fourth-order valence-corrected chi connectivity index (χ4v) is 2.84. The molecule has 0 aliphatic carbocycles. The van der Waals surface area contributed by atoms with Gasteiger partial charge in [-0.1, -0.05) is 37.3 Å². The summed E-state index contributed by atoms with van der Waals surface area (Å²) in [5.74, 6) is -0.772. The summed E-state index contributed by atoms with van der Waals surface area (Å²) < 4.78 is 0. The molecule has 1 N–H and O–H groups in total. The zero-order valence-corrected chi connectivity index (χ0v) is 12.3. The first-order valence-corrected chi connectivity index (χ1v) is 7.56. The summed E-state index contributed by atoms with van der Waals surface area (Å²) in [5, 5.41) is 11.7. The van der Waals surface area contributed by atoms with Gasteiger partial charge >= 0.3 is 5.97 Å². The molecule has 1 aromatic carbocycles. The summed E-state index contributed by atoms with van der Waals surface area (Å²) >= 11 is 1.57. The Bertz CT molecular complexity index is 554. The first kappa shape index (κ1) is 14.5. The van der Waals surface area contributed by atoms with Crippen LogP contribution in [-0.2, 0) is 4.79 Å². The van der Waals surface area contributed by atoms with Crippen molar-refractivity contribution in [1.82, 2.24) is 4.98 Å². The minimum Gasteiger partial charge on any atom is -0.481 e. The van der Waals surface area contributed by atoms with Crippen LogP contribution in [0.2, 0.25) is 0 Å². The number of rotatable bonds is 7. The van der Waals surface area contributed by atoms with E-state index in [2.05, 4.69) is 11.9 Å². The second kappa shape index (κ2) is 7.05. The average molecular weight is 290 g/mol. The Labute approximate surface area is 122 Å². The van der Waals surface area contributed by atoms with Crippen molar-refractivity contribution in [2.45, 2.75) is 19.8 Å². The van der Waals surface area contributed by atoms with Crippen molar-refractivity contribution in [3.63, 3.8) is 0 Å². The molecule has 1 aromatic heterocycles. The lowest BCUT2D eigenvalue weighted by Crippen LogP contribution is -2.26. The number of thiazole rings is 1.